The fourth-order valence-electron chi connectivity index (χ4n) is 2.57. The van der Waals surface area contributed by atoms with Crippen molar-refractivity contribution in [2.75, 3.05) is 17.2 Å². The van der Waals surface area contributed by atoms with Crippen molar-refractivity contribution in [1.82, 2.24) is 0 Å². The van der Waals surface area contributed by atoms with Crippen molar-refractivity contribution in [2.45, 2.75) is 6.42 Å². The van der Waals surface area contributed by atoms with Crippen molar-refractivity contribution in [1.29, 1.82) is 0 Å². The highest BCUT2D eigenvalue weighted by Crippen LogP contribution is 2.24. The van der Waals surface area contributed by atoms with Crippen molar-refractivity contribution < 1.29 is 9.53 Å². The molecule has 3 aromatic rings. The van der Waals surface area contributed by atoms with E-state index in [2.05, 4.69) is 0 Å². The van der Waals surface area contributed by atoms with Crippen LogP contribution in [0.25, 0.3) is 0 Å². The standard InChI is InChI=1S/C21H20N2O2/c22-19-13-7-8-14-20(19)23(16-15-17-9-3-1-4-10-17)21(24)25-18-11-5-2-6-12-18/h1-14H,15-16,22H2. The summed E-state index contributed by atoms with van der Waals surface area (Å²) in [5.41, 5.74) is 8.41. The number of carbonyl (C=O) groups is 1. The maximum absolute atomic E-state index is 12.7. The summed E-state index contributed by atoms with van der Waals surface area (Å²) in [4.78, 5) is 14.3. The van der Waals surface area contributed by atoms with Crippen LogP contribution < -0.4 is 15.4 Å². The van der Waals surface area contributed by atoms with Gasteiger partial charge >= 0.3 is 6.09 Å². The Balaban J connectivity index is 1.81. The highest BCUT2D eigenvalue weighted by Gasteiger charge is 2.20. The van der Waals surface area contributed by atoms with Gasteiger partial charge in [-0.15, -0.1) is 0 Å². The van der Waals surface area contributed by atoms with Gasteiger partial charge in [0.25, 0.3) is 0 Å². The largest absolute Gasteiger partial charge is 0.419 e. The van der Waals surface area contributed by atoms with Gasteiger partial charge in [0.1, 0.15) is 5.75 Å². The van der Waals surface area contributed by atoms with Crippen LogP contribution in [0.2, 0.25) is 0 Å². The van der Waals surface area contributed by atoms with E-state index in [0.29, 0.717) is 30.1 Å². The molecule has 0 fully saturated rings. The quantitative estimate of drug-likeness (QED) is 0.699. The molecule has 0 bridgehead atoms. The van der Waals surface area contributed by atoms with E-state index in [4.69, 9.17) is 10.5 Å². The van der Waals surface area contributed by atoms with Crippen LogP contribution in [-0.4, -0.2) is 12.6 Å². The fraction of sp³-hybridized carbons (Fsp3) is 0.0952. The molecular weight excluding hydrogens is 312 g/mol. The van der Waals surface area contributed by atoms with Crippen molar-refractivity contribution in [3.63, 3.8) is 0 Å². The van der Waals surface area contributed by atoms with Crippen LogP contribution in [0.15, 0.2) is 84.9 Å². The monoisotopic (exact) mass is 332 g/mol. The van der Waals surface area contributed by atoms with E-state index in [1.165, 1.54) is 0 Å². The fourth-order valence-corrected chi connectivity index (χ4v) is 2.57. The number of hydrogen-bond donors (Lipinski definition) is 1. The first-order chi connectivity index (χ1) is 12.2. The summed E-state index contributed by atoms with van der Waals surface area (Å²) >= 11 is 0. The maximum atomic E-state index is 12.7. The zero-order valence-corrected chi connectivity index (χ0v) is 13.8. The van der Waals surface area contributed by atoms with Gasteiger partial charge in [0.05, 0.1) is 11.4 Å². The molecule has 0 aliphatic rings. The lowest BCUT2D eigenvalue weighted by molar-refractivity contribution is 0.207. The van der Waals surface area contributed by atoms with Gasteiger partial charge in [-0.2, -0.15) is 0 Å². The number of nitrogen functional groups attached to an aromatic ring is 1. The summed E-state index contributed by atoms with van der Waals surface area (Å²) in [5, 5.41) is 0. The Morgan fingerprint density at radius 2 is 1.44 bits per heavy atom. The van der Waals surface area contributed by atoms with Gasteiger partial charge in [-0.1, -0.05) is 60.7 Å². The van der Waals surface area contributed by atoms with E-state index in [0.717, 1.165) is 5.56 Å². The zero-order chi connectivity index (χ0) is 17.5. The first-order valence-electron chi connectivity index (χ1n) is 8.17. The summed E-state index contributed by atoms with van der Waals surface area (Å²) in [5.74, 6) is 0.506. The zero-order valence-electron chi connectivity index (χ0n) is 13.8. The average molecular weight is 332 g/mol. The molecular formula is C21H20N2O2. The molecule has 4 nitrogen and oxygen atoms in total. The Morgan fingerprint density at radius 1 is 0.840 bits per heavy atom. The van der Waals surface area contributed by atoms with Crippen LogP contribution in [0, 0.1) is 0 Å². The summed E-state index contributed by atoms with van der Waals surface area (Å²) in [6.07, 6.45) is 0.263. The minimum Gasteiger partial charge on any atom is -0.410 e. The van der Waals surface area contributed by atoms with Crippen molar-refractivity contribution >= 4 is 17.5 Å². The van der Waals surface area contributed by atoms with E-state index in [1.54, 1.807) is 23.1 Å². The number of hydrogen-bond acceptors (Lipinski definition) is 3. The number of rotatable bonds is 5. The summed E-state index contributed by atoms with van der Waals surface area (Å²) in [6.45, 7) is 0.476. The Kier molecular flexibility index (Phi) is 5.32. The number of nitrogens with zero attached hydrogens (tertiary/aromatic N) is 1. The summed E-state index contributed by atoms with van der Waals surface area (Å²) in [6, 6.07) is 26.4. The molecule has 0 spiro atoms. The smallest absolute Gasteiger partial charge is 0.410 e. The van der Waals surface area contributed by atoms with Crippen LogP contribution in [0.5, 0.6) is 5.75 Å². The molecule has 3 rings (SSSR count). The molecule has 4 heteroatoms. The molecule has 0 radical (unpaired) electrons. The number of ether oxygens (including phenoxy) is 1. The second-order valence-electron chi connectivity index (χ2n) is 5.63. The summed E-state index contributed by atoms with van der Waals surface area (Å²) < 4.78 is 5.51. The highest BCUT2D eigenvalue weighted by atomic mass is 16.6. The van der Waals surface area contributed by atoms with Gasteiger partial charge in [-0.05, 0) is 36.2 Å². The van der Waals surface area contributed by atoms with E-state index < -0.39 is 6.09 Å². The highest BCUT2D eigenvalue weighted by molar-refractivity contribution is 5.92. The van der Waals surface area contributed by atoms with Gasteiger partial charge in [0.15, 0.2) is 0 Å². The number of benzene rings is 3. The molecule has 126 valence electrons. The van der Waals surface area contributed by atoms with E-state index in [-0.39, 0.29) is 0 Å². The molecule has 25 heavy (non-hydrogen) atoms. The number of nitrogens with two attached hydrogens (primary N) is 1. The van der Waals surface area contributed by atoms with E-state index in [9.17, 15) is 4.79 Å². The molecule has 0 aliphatic carbocycles. The SMILES string of the molecule is Nc1ccccc1N(CCc1ccccc1)C(=O)Oc1ccccc1. The number of carbonyl (C=O) groups excluding carboxylic acids is 1. The number of amides is 1. The number of anilines is 2. The summed E-state index contributed by atoms with van der Waals surface area (Å²) in [7, 11) is 0. The van der Waals surface area contributed by atoms with Crippen LogP contribution in [-0.2, 0) is 6.42 Å². The lowest BCUT2D eigenvalue weighted by atomic mass is 10.1. The van der Waals surface area contributed by atoms with Crippen molar-refractivity contribution in [2.24, 2.45) is 0 Å². The van der Waals surface area contributed by atoms with E-state index >= 15 is 0 Å². The second-order valence-corrected chi connectivity index (χ2v) is 5.63. The number of para-hydroxylation sites is 3. The third kappa shape index (κ3) is 4.38. The average Bonchev–Trinajstić information content (AvgIpc) is 2.65. The molecule has 0 aromatic heterocycles. The van der Waals surface area contributed by atoms with Crippen molar-refractivity contribution in [3.05, 3.63) is 90.5 Å². The van der Waals surface area contributed by atoms with Crippen molar-refractivity contribution in [3.8, 4) is 5.75 Å². The van der Waals surface area contributed by atoms with Gasteiger partial charge in [0, 0.05) is 6.54 Å². The van der Waals surface area contributed by atoms with Gasteiger partial charge in [-0.3, -0.25) is 4.90 Å². The topological polar surface area (TPSA) is 55.6 Å². The van der Waals surface area contributed by atoms with E-state index in [1.807, 2.05) is 66.7 Å². The Labute approximate surface area is 147 Å². The van der Waals surface area contributed by atoms with Crippen LogP contribution in [0.1, 0.15) is 5.56 Å². The molecule has 2 N–H and O–H groups in total. The Bertz CT molecular complexity index is 820. The molecule has 0 saturated heterocycles. The minimum absolute atomic E-state index is 0.444. The third-order valence-corrected chi connectivity index (χ3v) is 3.86. The lowest BCUT2D eigenvalue weighted by Gasteiger charge is -2.23. The predicted octanol–water partition coefficient (Wildman–Crippen LogP) is 4.52. The Hall–Kier alpha value is -3.27. The minimum atomic E-state index is -0.444. The van der Waals surface area contributed by atoms with Gasteiger partial charge in [-0.25, -0.2) is 4.79 Å². The second kappa shape index (κ2) is 8.02. The third-order valence-electron chi connectivity index (χ3n) is 3.86. The first kappa shape index (κ1) is 16.6. The van der Waals surface area contributed by atoms with Crippen LogP contribution in [0.3, 0.4) is 0 Å². The molecule has 0 atom stereocenters. The molecule has 0 saturated carbocycles. The van der Waals surface area contributed by atoms with Crippen LogP contribution >= 0.6 is 0 Å². The van der Waals surface area contributed by atoms with Gasteiger partial charge in [0.2, 0.25) is 0 Å². The molecule has 3 aromatic carbocycles. The van der Waals surface area contributed by atoms with Crippen LogP contribution in [0.4, 0.5) is 16.2 Å². The normalized spacial score (nSPS) is 10.2. The molecule has 0 aliphatic heterocycles. The molecule has 0 unspecified atom stereocenters. The first-order valence-corrected chi connectivity index (χ1v) is 8.17. The Morgan fingerprint density at radius 3 is 2.12 bits per heavy atom. The maximum Gasteiger partial charge on any atom is 0.419 e. The van der Waals surface area contributed by atoms with Gasteiger partial charge < -0.3 is 10.5 Å². The molecule has 1 amide bonds. The predicted molar refractivity (Wildman–Crippen MR) is 101 cm³/mol. The molecule has 0 heterocycles. The lowest BCUT2D eigenvalue weighted by Crippen LogP contribution is -2.35.